The van der Waals surface area contributed by atoms with Crippen LogP contribution in [0.1, 0.15) is 24.0 Å². The molecule has 0 saturated carbocycles. The molecule has 0 radical (unpaired) electrons. The quantitative estimate of drug-likeness (QED) is 0.295. The standard InChI is InChI=1S/C23H30N4O5/c1-30-17-20(24)13-8-14-25-21(26-22(28)31-15-18-9-4-2-5-10-18)27-23(29)32-16-19-11-6-3-7-12-19/h2-7,9-12,20H,8,13-17,24H2,1H3,(H2,25,26,27,28,29)/t20-/m0/s1. The van der Waals surface area contributed by atoms with Gasteiger partial charge in [-0.25, -0.2) is 9.59 Å². The first-order chi connectivity index (χ1) is 15.6. The van der Waals surface area contributed by atoms with E-state index in [2.05, 4.69) is 15.6 Å². The largest absolute Gasteiger partial charge is 0.444 e. The molecule has 9 nitrogen and oxygen atoms in total. The summed E-state index contributed by atoms with van der Waals surface area (Å²) < 4.78 is 15.4. The lowest BCUT2D eigenvalue weighted by Crippen LogP contribution is -2.44. The second-order valence-corrected chi connectivity index (χ2v) is 6.96. The minimum atomic E-state index is -0.743. The average Bonchev–Trinajstić information content (AvgIpc) is 2.80. The van der Waals surface area contributed by atoms with Crippen LogP contribution in [0.5, 0.6) is 0 Å². The summed E-state index contributed by atoms with van der Waals surface area (Å²) in [6.45, 7) is 0.962. The predicted octanol–water partition coefficient (Wildman–Crippen LogP) is 2.95. The lowest BCUT2D eigenvalue weighted by molar-refractivity contribution is 0.141. The van der Waals surface area contributed by atoms with Gasteiger partial charge in [-0.05, 0) is 24.0 Å². The van der Waals surface area contributed by atoms with E-state index in [0.717, 1.165) is 11.1 Å². The molecule has 32 heavy (non-hydrogen) atoms. The number of carbonyl (C=O) groups is 2. The fraction of sp³-hybridized carbons (Fsp3) is 0.348. The molecule has 9 heteroatoms. The molecular weight excluding hydrogens is 412 g/mol. The first-order valence-corrected chi connectivity index (χ1v) is 10.3. The molecule has 0 bridgehead atoms. The number of amides is 2. The number of rotatable bonds is 10. The summed E-state index contributed by atoms with van der Waals surface area (Å²) in [4.78, 5) is 28.6. The number of alkyl carbamates (subject to hydrolysis) is 2. The Morgan fingerprint density at radius 1 is 0.906 bits per heavy atom. The number of aliphatic imine (C=N–C) groups is 1. The van der Waals surface area contributed by atoms with Gasteiger partial charge in [-0.15, -0.1) is 0 Å². The van der Waals surface area contributed by atoms with Crippen molar-refractivity contribution in [1.82, 2.24) is 10.6 Å². The van der Waals surface area contributed by atoms with Crippen LogP contribution in [0.15, 0.2) is 65.7 Å². The molecule has 0 aliphatic heterocycles. The van der Waals surface area contributed by atoms with E-state index in [9.17, 15) is 9.59 Å². The summed E-state index contributed by atoms with van der Waals surface area (Å²) in [5.41, 5.74) is 7.57. The number of guanidine groups is 1. The van der Waals surface area contributed by atoms with Gasteiger partial charge in [0.05, 0.1) is 6.61 Å². The Morgan fingerprint density at radius 2 is 1.41 bits per heavy atom. The number of methoxy groups -OCH3 is 1. The minimum absolute atomic E-state index is 0.0542. The van der Waals surface area contributed by atoms with Crippen LogP contribution in [0.4, 0.5) is 9.59 Å². The molecule has 0 fully saturated rings. The fourth-order valence-electron chi connectivity index (χ4n) is 2.66. The summed E-state index contributed by atoms with van der Waals surface area (Å²) >= 11 is 0. The number of hydrogen-bond donors (Lipinski definition) is 3. The van der Waals surface area contributed by atoms with Gasteiger partial charge in [0.2, 0.25) is 5.96 Å². The average molecular weight is 443 g/mol. The van der Waals surface area contributed by atoms with Crippen molar-refractivity contribution in [2.75, 3.05) is 20.3 Å². The molecule has 0 saturated heterocycles. The number of nitrogens with one attached hydrogen (secondary N) is 2. The molecule has 0 heterocycles. The first-order valence-electron chi connectivity index (χ1n) is 10.3. The Balaban J connectivity index is 1.87. The number of carbonyl (C=O) groups excluding carboxylic acids is 2. The molecule has 0 aromatic heterocycles. The normalized spacial score (nSPS) is 11.2. The summed E-state index contributed by atoms with van der Waals surface area (Å²) in [6, 6.07) is 18.4. The topological polar surface area (TPSA) is 124 Å². The lowest BCUT2D eigenvalue weighted by atomic mass is 10.2. The highest BCUT2D eigenvalue weighted by atomic mass is 16.6. The molecule has 4 N–H and O–H groups in total. The fourth-order valence-corrected chi connectivity index (χ4v) is 2.66. The van der Waals surface area contributed by atoms with Crippen molar-refractivity contribution >= 4 is 18.1 Å². The third-order valence-corrected chi connectivity index (χ3v) is 4.25. The van der Waals surface area contributed by atoms with Crippen molar-refractivity contribution in [3.05, 3.63) is 71.8 Å². The van der Waals surface area contributed by atoms with Crippen LogP contribution in [0.3, 0.4) is 0 Å². The minimum Gasteiger partial charge on any atom is -0.444 e. The highest BCUT2D eigenvalue weighted by Gasteiger charge is 2.12. The van der Waals surface area contributed by atoms with Gasteiger partial charge in [-0.2, -0.15) is 0 Å². The van der Waals surface area contributed by atoms with Gasteiger partial charge in [0.1, 0.15) is 13.2 Å². The molecule has 0 aliphatic carbocycles. The van der Waals surface area contributed by atoms with Crippen LogP contribution in [0.2, 0.25) is 0 Å². The molecule has 1 atom stereocenters. The number of hydrogen-bond acceptors (Lipinski definition) is 7. The number of nitrogens with two attached hydrogens (primary N) is 1. The number of nitrogens with zero attached hydrogens (tertiary/aromatic N) is 1. The van der Waals surface area contributed by atoms with Gasteiger partial charge in [0.25, 0.3) is 0 Å². The van der Waals surface area contributed by atoms with Gasteiger partial charge in [-0.3, -0.25) is 15.6 Å². The van der Waals surface area contributed by atoms with Crippen LogP contribution in [0.25, 0.3) is 0 Å². The zero-order valence-electron chi connectivity index (χ0n) is 18.2. The zero-order chi connectivity index (χ0) is 23.0. The molecule has 2 rings (SSSR count). The molecule has 2 aromatic carbocycles. The summed E-state index contributed by atoms with van der Waals surface area (Å²) in [7, 11) is 1.59. The van der Waals surface area contributed by atoms with Gasteiger partial charge in [0, 0.05) is 19.7 Å². The second-order valence-electron chi connectivity index (χ2n) is 6.96. The SMILES string of the molecule is COC[C@@H](N)CCCN=C(NC(=O)OCc1ccccc1)NC(=O)OCc1ccccc1. The van der Waals surface area contributed by atoms with Crippen molar-refractivity contribution in [2.45, 2.75) is 32.1 Å². The van der Waals surface area contributed by atoms with Crippen molar-refractivity contribution in [2.24, 2.45) is 10.7 Å². The van der Waals surface area contributed by atoms with Crippen molar-refractivity contribution < 1.29 is 23.8 Å². The molecule has 0 aliphatic rings. The Morgan fingerprint density at radius 3 is 1.88 bits per heavy atom. The molecule has 172 valence electrons. The van der Waals surface area contributed by atoms with Crippen LogP contribution >= 0.6 is 0 Å². The van der Waals surface area contributed by atoms with Gasteiger partial charge >= 0.3 is 12.2 Å². The van der Waals surface area contributed by atoms with E-state index in [1.165, 1.54) is 0 Å². The van der Waals surface area contributed by atoms with Crippen LogP contribution in [-0.2, 0) is 27.4 Å². The van der Waals surface area contributed by atoms with E-state index in [-0.39, 0.29) is 25.2 Å². The summed E-state index contributed by atoms with van der Waals surface area (Å²) in [6.07, 6.45) is -0.157. The molecule has 2 amide bonds. The van der Waals surface area contributed by atoms with E-state index in [1.807, 2.05) is 60.7 Å². The number of benzene rings is 2. The first kappa shape index (κ1) is 24.8. The van der Waals surface area contributed by atoms with Gasteiger partial charge in [0.15, 0.2) is 0 Å². The second kappa shape index (κ2) is 14.6. The number of ether oxygens (including phenoxy) is 3. The Kier molecular flexibility index (Phi) is 11.3. The lowest BCUT2D eigenvalue weighted by Gasteiger charge is -2.12. The Labute approximate surface area is 188 Å². The van der Waals surface area contributed by atoms with E-state index >= 15 is 0 Å². The van der Waals surface area contributed by atoms with Gasteiger partial charge < -0.3 is 19.9 Å². The van der Waals surface area contributed by atoms with Crippen molar-refractivity contribution in [3.63, 3.8) is 0 Å². The Hall–Kier alpha value is -3.43. The van der Waals surface area contributed by atoms with E-state index in [4.69, 9.17) is 19.9 Å². The molecule has 0 spiro atoms. The summed E-state index contributed by atoms with van der Waals surface area (Å²) in [5.74, 6) is -0.0542. The van der Waals surface area contributed by atoms with Gasteiger partial charge in [-0.1, -0.05) is 60.7 Å². The van der Waals surface area contributed by atoms with E-state index < -0.39 is 12.2 Å². The predicted molar refractivity (Wildman–Crippen MR) is 121 cm³/mol. The van der Waals surface area contributed by atoms with Crippen molar-refractivity contribution in [1.29, 1.82) is 0 Å². The molecule has 2 aromatic rings. The third kappa shape index (κ3) is 10.6. The van der Waals surface area contributed by atoms with E-state index in [1.54, 1.807) is 7.11 Å². The van der Waals surface area contributed by atoms with Crippen molar-refractivity contribution in [3.8, 4) is 0 Å². The maximum Gasteiger partial charge on any atom is 0.414 e. The highest BCUT2D eigenvalue weighted by Crippen LogP contribution is 2.02. The third-order valence-electron chi connectivity index (χ3n) is 4.25. The maximum atomic E-state index is 12.2. The zero-order valence-corrected chi connectivity index (χ0v) is 18.2. The Bertz CT molecular complexity index is 786. The molecular formula is C23H30N4O5. The smallest absolute Gasteiger partial charge is 0.414 e. The van der Waals surface area contributed by atoms with Crippen LogP contribution < -0.4 is 16.4 Å². The van der Waals surface area contributed by atoms with Crippen LogP contribution in [-0.4, -0.2) is 44.4 Å². The monoisotopic (exact) mass is 442 g/mol. The van der Waals surface area contributed by atoms with Crippen LogP contribution in [0, 0.1) is 0 Å². The van der Waals surface area contributed by atoms with E-state index in [0.29, 0.717) is 26.0 Å². The summed E-state index contributed by atoms with van der Waals surface area (Å²) in [5, 5.41) is 4.90. The maximum absolute atomic E-state index is 12.2. The highest BCUT2D eigenvalue weighted by molar-refractivity contribution is 6.01. The molecule has 0 unspecified atom stereocenters.